The summed E-state index contributed by atoms with van der Waals surface area (Å²) in [6, 6.07) is 20.7. The van der Waals surface area contributed by atoms with Crippen LogP contribution in [0.15, 0.2) is 65.9 Å². The number of hydrogen-bond donors (Lipinski definition) is 1. The van der Waals surface area contributed by atoms with Gasteiger partial charge in [0.25, 0.3) is 0 Å². The number of nitrogens with one attached hydrogen (secondary N) is 1. The van der Waals surface area contributed by atoms with Crippen molar-refractivity contribution in [2.75, 3.05) is 11.4 Å². The van der Waals surface area contributed by atoms with Gasteiger partial charge in [0.2, 0.25) is 0 Å². The average molecular weight is 330 g/mol. The summed E-state index contributed by atoms with van der Waals surface area (Å²) >= 11 is 0. The van der Waals surface area contributed by atoms with Crippen LogP contribution in [-0.4, -0.2) is 12.6 Å². The average Bonchev–Trinajstić information content (AvgIpc) is 3.22. The first-order valence-corrected chi connectivity index (χ1v) is 9.71. The highest BCUT2D eigenvalue weighted by Gasteiger charge is 2.56. The first-order valence-electron chi connectivity index (χ1n) is 9.71. The Bertz CT molecular complexity index is 823. The zero-order chi connectivity index (χ0) is 16.9. The van der Waals surface area contributed by atoms with Crippen molar-refractivity contribution >= 4 is 5.69 Å². The summed E-state index contributed by atoms with van der Waals surface area (Å²) < 4.78 is 0. The Kier molecular flexibility index (Phi) is 3.41. The molecule has 1 spiro atoms. The maximum absolute atomic E-state index is 3.80. The van der Waals surface area contributed by atoms with Gasteiger partial charge in [0, 0.05) is 30.5 Å². The van der Waals surface area contributed by atoms with Crippen molar-refractivity contribution in [3.05, 3.63) is 77.0 Å². The van der Waals surface area contributed by atoms with Gasteiger partial charge in [-0.25, -0.2) is 0 Å². The molecule has 0 saturated carbocycles. The van der Waals surface area contributed by atoms with Crippen LogP contribution in [0.5, 0.6) is 0 Å². The van der Waals surface area contributed by atoms with E-state index in [4.69, 9.17) is 0 Å². The van der Waals surface area contributed by atoms with Crippen molar-refractivity contribution in [2.24, 2.45) is 0 Å². The monoisotopic (exact) mass is 330 g/mol. The summed E-state index contributed by atoms with van der Waals surface area (Å²) in [5.41, 5.74) is 7.84. The van der Waals surface area contributed by atoms with Crippen LogP contribution < -0.4 is 10.2 Å². The lowest BCUT2D eigenvalue weighted by Crippen LogP contribution is -2.47. The Morgan fingerprint density at radius 3 is 2.72 bits per heavy atom. The highest BCUT2D eigenvalue weighted by molar-refractivity contribution is 5.69. The number of benzene rings is 2. The Morgan fingerprint density at radius 2 is 1.88 bits per heavy atom. The largest absolute Gasteiger partial charge is 0.388 e. The van der Waals surface area contributed by atoms with Crippen LogP contribution in [0.2, 0.25) is 0 Å². The molecule has 2 aromatic rings. The number of rotatable bonds is 3. The Hall–Kier alpha value is -2.22. The fourth-order valence-corrected chi connectivity index (χ4v) is 5.59. The third kappa shape index (κ3) is 2.03. The van der Waals surface area contributed by atoms with E-state index in [2.05, 4.69) is 71.7 Å². The number of anilines is 1. The second-order valence-corrected chi connectivity index (χ2v) is 7.67. The molecule has 1 saturated heterocycles. The fraction of sp³-hybridized carbons (Fsp3) is 0.391. The van der Waals surface area contributed by atoms with E-state index < -0.39 is 0 Å². The Balaban J connectivity index is 1.66. The minimum Gasteiger partial charge on any atom is -0.388 e. The minimum absolute atomic E-state index is 0.203. The molecule has 0 aromatic heterocycles. The molecule has 2 nitrogen and oxygen atoms in total. The lowest BCUT2D eigenvalue weighted by Gasteiger charge is -2.42. The van der Waals surface area contributed by atoms with Gasteiger partial charge in [0.1, 0.15) is 0 Å². The van der Waals surface area contributed by atoms with E-state index in [1.165, 1.54) is 36.9 Å². The molecule has 2 heterocycles. The molecule has 0 bridgehead atoms. The number of allylic oxidation sites excluding steroid dienone is 1. The first-order chi connectivity index (χ1) is 12.3. The van der Waals surface area contributed by atoms with E-state index in [-0.39, 0.29) is 5.41 Å². The Labute approximate surface area is 150 Å². The van der Waals surface area contributed by atoms with Crippen LogP contribution in [0, 0.1) is 0 Å². The highest BCUT2D eigenvalue weighted by Crippen LogP contribution is 2.57. The zero-order valence-electron chi connectivity index (χ0n) is 15.0. The molecule has 2 aliphatic heterocycles. The van der Waals surface area contributed by atoms with Crippen molar-refractivity contribution in [1.29, 1.82) is 0 Å². The third-order valence-corrected chi connectivity index (χ3v) is 6.60. The van der Waals surface area contributed by atoms with E-state index >= 15 is 0 Å². The predicted molar refractivity (Wildman–Crippen MR) is 104 cm³/mol. The molecule has 2 aromatic carbocycles. The summed E-state index contributed by atoms with van der Waals surface area (Å²) in [6.45, 7) is 4.45. The molecule has 3 aliphatic rings. The van der Waals surface area contributed by atoms with Gasteiger partial charge in [-0.2, -0.15) is 0 Å². The van der Waals surface area contributed by atoms with Crippen LogP contribution in [0.3, 0.4) is 0 Å². The van der Waals surface area contributed by atoms with Crippen molar-refractivity contribution < 1.29 is 0 Å². The predicted octanol–water partition coefficient (Wildman–Crippen LogP) is 4.76. The highest BCUT2D eigenvalue weighted by atomic mass is 15.2. The molecule has 1 fully saturated rings. The minimum atomic E-state index is 0.203. The van der Waals surface area contributed by atoms with Gasteiger partial charge in [-0.3, -0.25) is 0 Å². The fourth-order valence-electron chi connectivity index (χ4n) is 5.59. The normalized spacial score (nSPS) is 26.9. The molecule has 2 heteroatoms. The number of para-hydroxylation sites is 1. The van der Waals surface area contributed by atoms with Gasteiger partial charge in [-0.05, 0) is 42.9 Å². The second kappa shape index (κ2) is 5.66. The van der Waals surface area contributed by atoms with Gasteiger partial charge in [-0.15, -0.1) is 0 Å². The van der Waals surface area contributed by atoms with E-state index in [0.29, 0.717) is 6.04 Å². The maximum atomic E-state index is 3.80. The van der Waals surface area contributed by atoms with E-state index in [1.807, 2.05) is 0 Å². The van der Waals surface area contributed by atoms with Crippen molar-refractivity contribution in [3.63, 3.8) is 0 Å². The molecule has 2 atom stereocenters. The molecular formula is C23H26N2. The number of nitrogens with zero attached hydrogens (tertiary/aromatic N) is 1. The smallest absolute Gasteiger partial charge is 0.0589 e. The molecule has 0 unspecified atom stereocenters. The summed E-state index contributed by atoms with van der Waals surface area (Å²) in [5.74, 6) is 0. The van der Waals surface area contributed by atoms with Crippen LogP contribution in [0.1, 0.15) is 43.7 Å². The van der Waals surface area contributed by atoms with Gasteiger partial charge in [0.15, 0.2) is 0 Å². The quantitative estimate of drug-likeness (QED) is 0.872. The van der Waals surface area contributed by atoms with Gasteiger partial charge >= 0.3 is 0 Å². The number of fused-ring (bicyclic) bond motifs is 1. The SMILES string of the molecule is CCC1=C2NCC[C@]23c2ccccc2N(Cc2ccccc2)[C@@H]3CC1. The lowest BCUT2D eigenvalue weighted by molar-refractivity contribution is 0.369. The summed E-state index contributed by atoms with van der Waals surface area (Å²) in [4.78, 5) is 2.70. The van der Waals surface area contributed by atoms with Crippen molar-refractivity contribution in [3.8, 4) is 0 Å². The molecular weight excluding hydrogens is 304 g/mol. The van der Waals surface area contributed by atoms with Crippen LogP contribution in [-0.2, 0) is 12.0 Å². The first kappa shape index (κ1) is 15.1. The van der Waals surface area contributed by atoms with E-state index in [0.717, 1.165) is 13.1 Å². The Morgan fingerprint density at radius 1 is 1.08 bits per heavy atom. The molecule has 0 amide bonds. The standard InChI is InChI=1S/C23H26N2/c1-2-18-12-13-21-23(14-15-24-22(18)23)19-10-6-7-11-20(19)25(21)16-17-8-4-3-5-9-17/h3-11,21,24H,2,12-16H2,1H3/t21-,23-/m1/s1. The maximum Gasteiger partial charge on any atom is 0.0589 e. The van der Waals surface area contributed by atoms with Gasteiger partial charge in [-0.1, -0.05) is 61.0 Å². The van der Waals surface area contributed by atoms with Crippen LogP contribution in [0.4, 0.5) is 5.69 Å². The third-order valence-electron chi connectivity index (χ3n) is 6.60. The topological polar surface area (TPSA) is 15.3 Å². The summed E-state index contributed by atoms with van der Waals surface area (Å²) in [7, 11) is 0. The van der Waals surface area contributed by atoms with Gasteiger partial charge < -0.3 is 10.2 Å². The lowest BCUT2D eigenvalue weighted by atomic mass is 9.67. The molecule has 1 N–H and O–H groups in total. The molecule has 0 radical (unpaired) electrons. The summed E-state index contributed by atoms with van der Waals surface area (Å²) in [5, 5.41) is 3.80. The summed E-state index contributed by atoms with van der Waals surface area (Å²) in [6.07, 6.45) is 4.93. The van der Waals surface area contributed by atoms with Gasteiger partial charge in [0.05, 0.1) is 5.41 Å². The molecule has 5 rings (SSSR count). The molecule has 1 aliphatic carbocycles. The van der Waals surface area contributed by atoms with Crippen LogP contribution in [0.25, 0.3) is 0 Å². The van der Waals surface area contributed by atoms with E-state index in [1.54, 1.807) is 16.8 Å². The second-order valence-electron chi connectivity index (χ2n) is 7.67. The van der Waals surface area contributed by atoms with Crippen LogP contribution >= 0.6 is 0 Å². The molecule has 25 heavy (non-hydrogen) atoms. The van der Waals surface area contributed by atoms with Crippen molar-refractivity contribution in [2.45, 2.75) is 50.6 Å². The molecule has 128 valence electrons. The zero-order valence-corrected chi connectivity index (χ0v) is 15.0. The number of hydrogen-bond acceptors (Lipinski definition) is 2. The van der Waals surface area contributed by atoms with Crippen molar-refractivity contribution in [1.82, 2.24) is 5.32 Å². The van der Waals surface area contributed by atoms with E-state index in [9.17, 15) is 0 Å².